The molecular weight excluding hydrogens is 320 g/mol. The molecule has 1 heterocycles. The van der Waals surface area contributed by atoms with Crippen LogP contribution in [0.4, 0.5) is 11.4 Å². The Morgan fingerprint density at radius 2 is 1.68 bits per heavy atom. The van der Waals surface area contributed by atoms with Crippen molar-refractivity contribution >= 4 is 23.2 Å². The van der Waals surface area contributed by atoms with Crippen molar-refractivity contribution < 1.29 is 19.1 Å². The maximum absolute atomic E-state index is 12.7. The molecule has 0 unspecified atom stereocenters. The van der Waals surface area contributed by atoms with Gasteiger partial charge in [-0.2, -0.15) is 0 Å². The topological polar surface area (TPSA) is 67.9 Å². The van der Waals surface area contributed by atoms with Crippen LogP contribution in [0.2, 0.25) is 0 Å². The average Bonchev–Trinajstić information content (AvgIpc) is 2.90. The summed E-state index contributed by atoms with van der Waals surface area (Å²) in [5, 5.41) is 3.13. The zero-order chi connectivity index (χ0) is 18.0. The summed E-state index contributed by atoms with van der Waals surface area (Å²) >= 11 is 0. The molecule has 6 nitrogen and oxygen atoms in total. The summed E-state index contributed by atoms with van der Waals surface area (Å²) < 4.78 is 10.4. The van der Waals surface area contributed by atoms with Gasteiger partial charge in [0.1, 0.15) is 6.04 Å². The van der Waals surface area contributed by atoms with Crippen LogP contribution < -0.4 is 19.7 Å². The number of anilines is 2. The molecule has 1 atom stereocenters. The number of nitrogens with one attached hydrogen (secondary N) is 1. The normalized spacial score (nSPS) is 16.9. The van der Waals surface area contributed by atoms with Crippen molar-refractivity contribution in [3.05, 3.63) is 48.0 Å². The highest BCUT2D eigenvalue weighted by Crippen LogP contribution is 2.34. The molecule has 1 aliphatic rings. The predicted octanol–water partition coefficient (Wildman–Crippen LogP) is 2.76. The molecular formula is C19H20N2O4. The minimum atomic E-state index is -0.580. The first kappa shape index (κ1) is 16.8. The van der Waals surface area contributed by atoms with Crippen molar-refractivity contribution in [2.45, 2.75) is 19.4 Å². The van der Waals surface area contributed by atoms with Crippen LogP contribution in [0, 0.1) is 6.92 Å². The van der Waals surface area contributed by atoms with Crippen molar-refractivity contribution in [2.75, 3.05) is 24.4 Å². The van der Waals surface area contributed by atoms with Crippen LogP contribution in [0.25, 0.3) is 0 Å². The van der Waals surface area contributed by atoms with Crippen LogP contribution in [-0.4, -0.2) is 32.1 Å². The molecule has 0 aromatic heterocycles. The number of aryl methyl sites for hydroxylation is 1. The number of ether oxygens (including phenoxy) is 2. The van der Waals surface area contributed by atoms with Crippen molar-refractivity contribution in [1.82, 2.24) is 0 Å². The molecule has 1 aliphatic heterocycles. The molecule has 2 aromatic carbocycles. The Kier molecular flexibility index (Phi) is 4.61. The SMILES string of the molecule is COc1ccc(N2C(=O)C[C@H](Nc3ccc(C)cc3)C2=O)cc1OC. The van der Waals surface area contributed by atoms with Crippen molar-refractivity contribution in [3.8, 4) is 11.5 Å². The van der Waals surface area contributed by atoms with Crippen LogP contribution >= 0.6 is 0 Å². The highest BCUT2D eigenvalue weighted by molar-refractivity contribution is 6.23. The van der Waals surface area contributed by atoms with Crippen LogP contribution in [0.5, 0.6) is 11.5 Å². The molecule has 0 aliphatic carbocycles. The fourth-order valence-corrected chi connectivity index (χ4v) is 2.83. The molecule has 2 amide bonds. The van der Waals surface area contributed by atoms with Gasteiger partial charge in [0.15, 0.2) is 11.5 Å². The maximum Gasteiger partial charge on any atom is 0.256 e. The van der Waals surface area contributed by atoms with E-state index in [-0.39, 0.29) is 18.2 Å². The van der Waals surface area contributed by atoms with Crippen molar-refractivity contribution in [3.63, 3.8) is 0 Å². The lowest BCUT2D eigenvalue weighted by atomic mass is 10.2. The monoisotopic (exact) mass is 340 g/mol. The second-order valence-corrected chi connectivity index (χ2v) is 5.87. The molecule has 0 bridgehead atoms. The maximum atomic E-state index is 12.7. The van der Waals surface area contributed by atoms with Gasteiger partial charge in [0.25, 0.3) is 5.91 Å². The molecule has 1 saturated heterocycles. The average molecular weight is 340 g/mol. The Morgan fingerprint density at radius 3 is 2.32 bits per heavy atom. The number of rotatable bonds is 5. The number of methoxy groups -OCH3 is 2. The van der Waals surface area contributed by atoms with E-state index >= 15 is 0 Å². The summed E-state index contributed by atoms with van der Waals surface area (Å²) in [4.78, 5) is 26.3. The fourth-order valence-electron chi connectivity index (χ4n) is 2.83. The van der Waals surface area contributed by atoms with Gasteiger partial charge < -0.3 is 14.8 Å². The molecule has 3 rings (SSSR count). The fraction of sp³-hybridized carbons (Fsp3) is 0.263. The first-order valence-corrected chi connectivity index (χ1v) is 7.95. The van der Waals surface area contributed by atoms with E-state index in [0.717, 1.165) is 11.3 Å². The van der Waals surface area contributed by atoms with Gasteiger partial charge in [0.2, 0.25) is 5.91 Å². The van der Waals surface area contributed by atoms with Crippen molar-refractivity contribution in [2.24, 2.45) is 0 Å². The Morgan fingerprint density at radius 1 is 1.00 bits per heavy atom. The van der Waals surface area contributed by atoms with Crippen LogP contribution in [0.1, 0.15) is 12.0 Å². The van der Waals surface area contributed by atoms with Gasteiger partial charge in [-0.1, -0.05) is 17.7 Å². The summed E-state index contributed by atoms with van der Waals surface area (Å²) in [5.41, 5.74) is 2.41. The second-order valence-electron chi connectivity index (χ2n) is 5.87. The third-order valence-corrected chi connectivity index (χ3v) is 4.16. The lowest BCUT2D eigenvalue weighted by Crippen LogP contribution is -2.34. The van der Waals surface area contributed by atoms with E-state index in [1.807, 2.05) is 31.2 Å². The first-order valence-electron chi connectivity index (χ1n) is 7.95. The molecule has 0 radical (unpaired) electrons. The number of benzene rings is 2. The molecule has 0 spiro atoms. The number of hydrogen-bond acceptors (Lipinski definition) is 5. The number of amides is 2. The van der Waals surface area contributed by atoms with Gasteiger partial charge in [0.05, 0.1) is 26.3 Å². The summed E-state index contributed by atoms with van der Waals surface area (Å²) in [5.74, 6) is 0.481. The zero-order valence-corrected chi connectivity index (χ0v) is 14.4. The van der Waals surface area contributed by atoms with Crippen molar-refractivity contribution in [1.29, 1.82) is 0 Å². The minimum Gasteiger partial charge on any atom is -0.493 e. The van der Waals surface area contributed by atoms with Gasteiger partial charge in [-0.3, -0.25) is 9.59 Å². The first-order chi connectivity index (χ1) is 12.0. The predicted molar refractivity (Wildman–Crippen MR) is 95.2 cm³/mol. The van der Waals surface area contributed by atoms with Crippen LogP contribution in [-0.2, 0) is 9.59 Å². The molecule has 130 valence electrons. The van der Waals surface area contributed by atoms with Gasteiger partial charge in [-0.25, -0.2) is 4.90 Å². The van der Waals surface area contributed by atoms with Gasteiger partial charge in [-0.05, 0) is 31.2 Å². The number of imide groups is 1. The summed E-state index contributed by atoms with van der Waals surface area (Å²) in [7, 11) is 3.04. The van der Waals surface area contributed by atoms with E-state index in [1.165, 1.54) is 19.1 Å². The molecule has 1 N–H and O–H groups in total. The highest BCUT2D eigenvalue weighted by atomic mass is 16.5. The van der Waals surface area contributed by atoms with Gasteiger partial charge in [0, 0.05) is 11.8 Å². The van der Waals surface area contributed by atoms with E-state index < -0.39 is 6.04 Å². The summed E-state index contributed by atoms with van der Waals surface area (Å²) in [6.07, 6.45) is 0.112. The molecule has 0 saturated carbocycles. The Hall–Kier alpha value is -3.02. The third-order valence-electron chi connectivity index (χ3n) is 4.16. The minimum absolute atomic E-state index is 0.112. The Balaban J connectivity index is 1.82. The van der Waals surface area contributed by atoms with E-state index in [1.54, 1.807) is 18.2 Å². The Bertz CT molecular complexity index is 802. The lowest BCUT2D eigenvalue weighted by molar-refractivity contribution is -0.121. The summed E-state index contributed by atoms with van der Waals surface area (Å²) in [6, 6.07) is 12.1. The standard InChI is InChI=1S/C19H20N2O4/c1-12-4-6-13(7-5-12)20-15-11-18(22)21(19(15)23)14-8-9-16(24-2)17(10-14)25-3/h4-10,15,20H,11H2,1-3H3/t15-/m0/s1. The van der Waals surface area contributed by atoms with Gasteiger partial charge >= 0.3 is 0 Å². The smallest absolute Gasteiger partial charge is 0.256 e. The van der Waals surface area contributed by atoms with E-state index in [9.17, 15) is 9.59 Å². The number of carbonyl (C=O) groups excluding carboxylic acids is 2. The lowest BCUT2D eigenvalue weighted by Gasteiger charge is -2.18. The molecule has 1 fully saturated rings. The third kappa shape index (κ3) is 3.28. The number of hydrogen-bond donors (Lipinski definition) is 1. The quantitative estimate of drug-likeness (QED) is 0.848. The van der Waals surface area contributed by atoms with E-state index in [2.05, 4.69) is 5.32 Å². The highest BCUT2D eigenvalue weighted by Gasteiger charge is 2.39. The molecule has 6 heteroatoms. The largest absolute Gasteiger partial charge is 0.493 e. The number of carbonyl (C=O) groups is 2. The zero-order valence-electron chi connectivity index (χ0n) is 14.4. The van der Waals surface area contributed by atoms with Gasteiger partial charge in [-0.15, -0.1) is 0 Å². The van der Waals surface area contributed by atoms with Crippen LogP contribution in [0.15, 0.2) is 42.5 Å². The second kappa shape index (κ2) is 6.84. The summed E-state index contributed by atoms with van der Waals surface area (Å²) in [6.45, 7) is 1.99. The Labute approximate surface area is 146 Å². The van der Waals surface area contributed by atoms with Crippen LogP contribution in [0.3, 0.4) is 0 Å². The number of nitrogens with zero attached hydrogens (tertiary/aromatic N) is 1. The molecule has 2 aromatic rings. The van der Waals surface area contributed by atoms with E-state index in [4.69, 9.17) is 9.47 Å². The molecule has 25 heavy (non-hydrogen) atoms. The van der Waals surface area contributed by atoms with E-state index in [0.29, 0.717) is 17.2 Å².